The van der Waals surface area contributed by atoms with Crippen molar-refractivity contribution in [1.82, 2.24) is 9.13 Å². The van der Waals surface area contributed by atoms with E-state index in [4.69, 9.17) is 0 Å². The minimum absolute atomic E-state index is 0.956. The van der Waals surface area contributed by atoms with Gasteiger partial charge in [-0.15, -0.1) is 11.3 Å². The van der Waals surface area contributed by atoms with Crippen LogP contribution in [0.5, 0.6) is 0 Å². The topological polar surface area (TPSA) is 9.86 Å². The van der Waals surface area contributed by atoms with Gasteiger partial charge in [-0.1, -0.05) is 140 Å². The highest BCUT2D eigenvalue weighted by Crippen LogP contribution is 2.41. The molecule has 0 fully saturated rings. The molecular weight excluding hydrogens is 721 g/mol. The number of thiophene rings is 1. The van der Waals surface area contributed by atoms with Crippen molar-refractivity contribution in [2.45, 2.75) is 20.3 Å². The van der Waals surface area contributed by atoms with Gasteiger partial charge >= 0.3 is 0 Å². The molecule has 3 heterocycles. The smallest absolute Gasteiger partial charge is 0.0541 e. The van der Waals surface area contributed by atoms with Gasteiger partial charge in [0.15, 0.2) is 0 Å². The van der Waals surface area contributed by atoms with E-state index in [1.54, 1.807) is 0 Å². The van der Waals surface area contributed by atoms with E-state index in [2.05, 4.69) is 217 Å². The first-order chi connectivity index (χ1) is 28.7. The van der Waals surface area contributed by atoms with Crippen molar-refractivity contribution in [2.24, 2.45) is 0 Å². The van der Waals surface area contributed by atoms with Crippen LogP contribution in [0.2, 0.25) is 0 Å². The number of benzene rings is 8. The third-order valence-corrected chi connectivity index (χ3v) is 13.0. The predicted octanol–water partition coefficient (Wildman–Crippen LogP) is 14.1. The number of fused-ring (bicyclic) bond motifs is 7. The molecule has 0 saturated carbocycles. The van der Waals surface area contributed by atoms with Crippen LogP contribution in [-0.2, 0) is 0 Å². The van der Waals surface area contributed by atoms with Crippen LogP contribution in [-0.4, -0.2) is 9.13 Å². The molecule has 11 aromatic rings. The number of para-hydroxylation sites is 1. The van der Waals surface area contributed by atoms with E-state index in [0.717, 1.165) is 12.1 Å². The lowest BCUT2D eigenvalue weighted by molar-refractivity contribution is 1.06. The lowest BCUT2D eigenvalue weighted by Crippen LogP contribution is -2.28. The molecule has 0 spiro atoms. The molecule has 0 saturated heterocycles. The third kappa shape index (κ3) is 5.46. The summed E-state index contributed by atoms with van der Waals surface area (Å²) in [6.45, 7) is 4.38. The summed E-state index contributed by atoms with van der Waals surface area (Å²) in [4.78, 5) is 0. The Labute approximate surface area is 341 Å². The van der Waals surface area contributed by atoms with Crippen LogP contribution in [0.15, 0.2) is 182 Å². The highest BCUT2D eigenvalue weighted by atomic mass is 32.1. The molecule has 58 heavy (non-hydrogen) atoms. The largest absolute Gasteiger partial charge is 0.310 e. The minimum atomic E-state index is 0.956. The second kappa shape index (κ2) is 13.9. The van der Waals surface area contributed by atoms with Gasteiger partial charge in [0.05, 0.1) is 16.6 Å². The first-order valence-corrected chi connectivity index (χ1v) is 21.0. The van der Waals surface area contributed by atoms with Crippen molar-refractivity contribution < 1.29 is 0 Å². The van der Waals surface area contributed by atoms with Crippen molar-refractivity contribution >= 4 is 76.4 Å². The summed E-state index contributed by atoms with van der Waals surface area (Å²) in [7, 11) is 0. The Kier molecular flexibility index (Phi) is 8.23. The van der Waals surface area contributed by atoms with Gasteiger partial charge in [0.1, 0.15) is 0 Å². The second-order valence-corrected chi connectivity index (χ2v) is 16.1. The van der Waals surface area contributed by atoms with Crippen molar-refractivity contribution in [1.29, 1.82) is 0 Å². The van der Waals surface area contributed by atoms with E-state index in [1.807, 2.05) is 11.3 Å². The van der Waals surface area contributed by atoms with Crippen molar-refractivity contribution in [3.63, 3.8) is 0 Å². The maximum atomic E-state index is 2.43. The quantitative estimate of drug-likeness (QED) is 0.160. The molecule has 2 nitrogen and oxygen atoms in total. The highest BCUT2D eigenvalue weighted by molar-refractivity contribution is 7.26. The predicted molar refractivity (Wildman–Crippen MR) is 251 cm³/mol. The maximum Gasteiger partial charge on any atom is 0.0541 e. The van der Waals surface area contributed by atoms with E-state index in [1.165, 1.54) is 103 Å². The van der Waals surface area contributed by atoms with Gasteiger partial charge in [-0.3, -0.25) is 0 Å². The monoisotopic (exact) mass is 760 g/mol. The molecule has 3 heteroatoms. The summed E-state index contributed by atoms with van der Waals surface area (Å²) in [6, 6.07) is 67.0. The molecule has 0 amide bonds. The van der Waals surface area contributed by atoms with E-state index in [0.29, 0.717) is 0 Å². The van der Waals surface area contributed by atoms with E-state index >= 15 is 0 Å². The Hall–Kier alpha value is -6.94. The Morgan fingerprint density at radius 3 is 1.76 bits per heavy atom. The van der Waals surface area contributed by atoms with Gasteiger partial charge in [-0.05, 0) is 107 Å². The van der Waals surface area contributed by atoms with Gasteiger partial charge < -0.3 is 9.13 Å². The van der Waals surface area contributed by atoms with Crippen LogP contribution in [0.25, 0.3) is 110 Å². The average molecular weight is 761 g/mol. The number of rotatable bonds is 6. The number of nitrogens with zero attached hydrogens (tertiary/aromatic N) is 2. The molecular formula is C55H40N2S. The molecule has 0 unspecified atom stereocenters. The van der Waals surface area contributed by atoms with Gasteiger partial charge in [-0.2, -0.15) is 0 Å². The summed E-state index contributed by atoms with van der Waals surface area (Å²) < 4.78 is 7.52. The molecule has 0 radical (unpaired) electrons. The summed E-state index contributed by atoms with van der Waals surface area (Å²) in [5, 5.41) is 8.95. The fourth-order valence-corrected chi connectivity index (χ4v) is 10.4. The first kappa shape index (κ1) is 34.3. The standard InChI is InChI=1S/C55H40N2S/c1-3-13-50-43(4-2)48-34-39(26-32-52(48)56(50)41-28-22-37(23-29-41)36-14-6-5-7-15-36)40-27-33-53-49(35-40)45-16-8-10-20-51(45)57(53)42-30-24-38(25-31-42)44-18-12-19-47-46-17-9-11-21-54(46)58-55(44)47/h4-35H,3H2,1-2H3/b43-4-,50-13+. The average Bonchev–Trinajstić information content (AvgIpc) is 3.94. The van der Waals surface area contributed by atoms with Gasteiger partial charge in [0, 0.05) is 58.3 Å². The Bertz CT molecular complexity index is 3470. The molecule has 0 aliphatic heterocycles. The maximum absolute atomic E-state index is 2.43. The Morgan fingerprint density at radius 2 is 1.02 bits per heavy atom. The van der Waals surface area contributed by atoms with Gasteiger partial charge in [0.25, 0.3) is 0 Å². The van der Waals surface area contributed by atoms with Crippen molar-refractivity contribution in [2.75, 3.05) is 0 Å². The normalized spacial score (nSPS) is 12.6. The van der Waals surface area contributed by atoms with Gasteiger partial charge in [-0.25, -0.2) is 0 Å². The summed E-state index contributed by atoms with van der Waals surface area (Å²) in [6.07, 6.45) is 5.59. The molecule has 0 bridgehead atoms. The molecule has 276 valence electrons. The molecule has 0 aliphatic carbocycles. The molecule has 0 aliphatic rings. The van der Waals surface area contributed by atoms with E-state index in [-0.39, 0.29) is 0 Å². The van der Waals surface area contributed by atoms with Crippen LogP contribution in [0.4, 0.5) is 0 Å². The summed E-state index contributed by atoms with van der Waals surface area (Å²) in [5.74, 6) is 0. The van der Waals surface area contributed by atoms with Crippen LogP contribution < -0.4 is 10.6 Å². The first-order valence-electron chi connectivity index (χ1n) is 20.2. The molecule has 0 atom stereocenters. The van der Waals surface area contributed by atoms with Crippen LogP contribution in [0.1, 0.15) is 20.3 Å². The third-order valence-electron chi connectivity index (χ3n) is 11.8. The highest BCUT2D eigenvalue weighted by Gasteiger charge is 2.16. The number of hydrogen-bond donors (Lipinski definition) is 0. The minimum Gasteiger partial charge on any atom is -0.310 e. The fourth-order valence-electron chi connectivity index (χ4n) is 9.12. The van der Waals surface area contributed by atoms with Crippen molar-refractivity contribution in [3.8, 4) is 44.8 Å². The number of aromatic nitrogens is 2. The van der Waals surface area contributed by atoms with Crippen LogP contribution in [0, 0.1) is 0 Å². The van der Waals surface area contributed by atoms with E-state index in [9.17, 15) is 0 Å². The van der Waals surface area contributed by atoms with Crippen LogP contribution >= 0.6 is 11.3 Å². The fraction of sp³-hybridized carbons (Fsp3) is 0.0545. The lowest BCUT2D eigenvalue weighted by Gasteiger charge is -2.11. The summed E-state index contributed by atoms with van der Waals surface area (Å²) in [5.41, 5.74) is 13.4. The molecule has 11 rings (SSSR count). The zero-order valence-corrected chi connectivity index (χ0v) is 33.3. The van der Waals surface area contributed by atoms with E-state index < -0.39 is 0 Å². The zero-order chi connectivity index (χ0) is 38.7. The van der Waals surface area contributed by atoms with Gasteiger partial charge in [0.2, 0.25) is 0 Å². The number of hydrogen-bond acceptors (Lipinski definition) is 1. The van der Waals surface area contributed by atoms with Crippen LogP contribution in [0.3, 0.4) is 0 Å². The molecule has 8 aromatic carbocycles. The molecule has 3 aromatic heterocycles. The Morgan fingerprint density at radius 1 is 0.448 bits per heavy atom. The SMILES string of the molecule is C/C=c1\c(=C/CC)n(-c2ccc(-c3ccccc3)cc2)c2ccc(-c3ccc4c(c3)c3ccccc3n4-c3ccc(-c4cccc5c4sc4ccccc45)cc3)cc12. The zero-order valence-electron chi connectivity index (χ0n) is 32.5. The second-order valence-electron chi connectivity index (χ2n) is 15.1. The Balaban J connectivity index is 1.00. The molecule has 0 N–H and O–H groups in total. The lowest BCUT2D eigenvalue weighted by atomic mass is 10.0. The summed E-state index contributed by atoms with van der Waals surface area (Å²) >= 11 is 1.88. The van der Waals surface area contributed by atoms with Crippen molar-refractivity contribution in [3.05, 3.63) is 193 Å².